The van der Waals surface area contributed by atoms with Gasteiger partial charge in [-0.3, -0.25) is 4.79 Å². The number of hydrogen-bond donors (Lipinski definition) is 2. The zero-order chi connectivity index (χ0) is 49.5. The summed E-state index contributed by atoms with van der Waals surface area (Å²) in [5, 5.41) is 7.51. The van der Waals surface area contributed by atoms with E-state index in [9.17, 15) is 8.91 Å². The van der Waals surface area contributed by atoms with E-state index >= 15 is 0 Å². The maximum atomic E-state index is 11.3. The van der Waals surface area contributed by atoms with E-state index in [1.165, 1.54) is 7.11 Å². The Labute approximate surface area is 419 Å². The molecule has 0 amide bonds. The van der Waals surface area contributed by atoms with Crippen molar-refractivity contribution in [2.45, 2.75) is 57.5 Å². The topological polar surface area (TPSA) is 176 Å². The van der Waals surface area contributed by atoms with Gasteiger partial charge in [-0.25, -0.2) is 0 Å². The molecule has 3 N–H and O–H groups in total. The standard InChI is InChI=1S/C52H62N10O7Si3/c1-64-44(63)24-28-65-30-32-67-33-31-66-29-27-54-26-15-35-71(4,5)69-72(68-70(2,3)34-14-25-53)59-45-36-16-6-7-17-37(36)46(59)56-48-40-20-10-11-21-41(40)50(61(48)72)58-52-43-23-13-12-22-42(43)51(62(52)72)57-49-39-19-9-8-18-38(39)47(55-45)60(49)72/h6-13,16-23,54H,14-15,24-35,53H2,1-5H3. The number of rotatable bonds is 23. The van der Waals surface area contributed by atoms with Gasteiger partial charge in [0.15, 0.2) is 0 Å². The van der Waals surface area contributed by atoms with Crippen LogP contribution >= 0.6 is 0 Å². The fourth-order valence-corrected chi connectivity index (χ4v) is 34.8. The van der Waals surface area contributed by atoms with Crippen LogP contribution in [0.4, 0.5) is 11.6 Å². The zero-order valence-corrected chi connectivity index (χ0v) is 44.6. The van der Waals surface area contributed by atoms with E-state index < -0.39 is 24.4 Å². The van der Waals surface area contributed by atoms with E-state index in [1.54, 1.807) is 0 Å². The van der Waals surface area contributed by atoms with E-state index in [0.29, 0.717) is 52.7 Å². The van der Waals surface area contributed by atoms with Gasteiger partial charge in [-0.15, -0.1) is 0 Å². The Balaban J connectivity index is 1.02. The van der Waals surface area contributed by atoms with Crippen LogP contribution in [0.2, 0.25) is 38.3 Å². The first-order valence-electron chi connectivity index (χ1n) is 25.3. The Morgan fingerprint density at radius 2 is 1.04 bits per heavy atom. The maximum absolute atomic E-state index is 11.3. The van der Waals surface area contributed by atoms with Crippen molar-refractivity contribution in [3.63, 3.8) is 0 Å². The summed E-state index contributed by atoms with van der Waals surface area (Å²) in [4.78, 5) is 34.6. The molecule has 12 rings (SSSR count). The number of benzene rings is 4. The number of aliphatic imine (C=N–C) groups is 2. The molecule has 0 atom stereocenters. The van der Waals surface area contributed by atoms with Crippen molar-refractivity contribution < 1.29 is 40.5 Å². The van der Waals surface area contributed by atoms with Crippen molar-refractivity contribution in [1.29, 1.82) is 0 Å². The molecule has 6 aromatic rings. The first-order chi connectivity index (χ1) is 34.9. The Morgan fingerprint density at radius 1 is 0.583 bits per heavy atom. The summed E-state index contributed by atoms with van der Waals surface area (Å²) in [5.41, 5.74) is 11.8. The fraction of sp³-hybridized carbons (Fsp3) is 0.365. The Kier molecular flexibility index (Phi) is 11.2. The summed E-state index contributed by atoms with van der Waals surface area (Å²) in [6.45, 7) is 14.0. The van der Waals surface area contributed by atoms with Gasteiger partial charge in [-0.05, 0) is 0 Å². The molecule has 6 aliphatic rings. The number of carbonyl (C=O) groups excluding carboxylic acids is 1. The van der Waals surface area contributed by atoms with Crippen molar-refractivity contribution in [2.24, 2.45) is 25.7 Å². The number of ether oxygens (including phenoxy) is 4. The van der Waals surface area contributed by atoms with Crippen LogP contribution in [0.1, 0.15) is 41.5 Å². The molecule has 0 fully saturated rings. The Bertz CT molecular complexity index is 3390. The summed E-state index contributed by atoms with van der Waals surface area (Å²) < 4.78 is 49.5. The number of hydrogen-bond acceptors (Lipinski definition) is 13. The van der Waals surface area contributed by atoms with E-state index in [1.807, 2.05) is 0 Å². The van der Waals surface area contributed by atoms with Gasteiger partial charge in [0.1, 0.15) is 0 Å². The van der Waals surface area contributed by atoms with E-state index in [-0.39, 0.29) is 12.4 Å². The molecule has 17 nitrogen and oxygen atoms in total. The van der Waals surface area contributed by atoms with Gasteiger partial charge in [0.25, 0.3) is 0 Å². The third-order valence-electron chi connectivity index (χ3n) is 15.1. The molecule has 0 unspecified atom stereocenters. The molecule has 1 spiro atoms. The molecule has 0 radical (unpaired) electrons. The van der Waals surface area contributed by atoms with Crippen LogP contribution in [-0.4, -0.2) is 137 Å². The normalized spacial score (nSPS) is 18.5. The van der Waals surface area contributed by atoms with Crippen LogP contribution in [0.25, 0.3) is 21.5 Å². The minimum atomic E-state index is -6.70. The molecule has 72 heavy (non-hydrogen) atoms. The first-order valence-corrected chi connectivity index (χ1v) is 34.2. The predicted molar refractivity (Wildman–Crippen MR) is 284 cm³/mol. The van der Waals surface area contributed by atoms with Crippen LogP contribution in [0.3, 0.4) is 0 Å². The van der Waals surface area contributed by atoms with Gasteiger partial charge in [0.2, 0.25) is 0 Å². The third-order valence-corrected chi connectivity index (χ3v) is 31.7. The monoisotopic (exact) mass is 1020 g/mol. The molecule has 6 aliphatic heterocycles. The van der Waals surface area contributed by atoms with E-state index in [2.05, 4.69) is 150 Å². The minimum absolute atomic E-state index is 0.229. The molecule has 0 aliphatic carbocycles. The van der Waals surface area contributed by atoms with Gasteiger partial charge in [-0.1, -0.05) is 0 Å². The summed E-state index contributed by atoms with van der Waals surface area (Å²) in [5.74, 6) is 4.18. The fourth-order valence-electron chi connectivity index (χ4n) is 12.5. The molecule has 4 aromatic carbocycles. The van der Waals surface area contributed by atoms with Gasteiger partial charge < -0.3 is 9.47 Å². The van der Waals surface area contributed by atoms with Crippen molar-refractivity contribution in [3.8, 4) is 0 Å². The number of amidine groups is 4. The molecule has 374 valence electrons. The Morgan fingerprint density at radius 3 is 1.56 bits per heavy atom. The molecule has 2 aromatic heterocycles. The molecular weight excluding hydrogens is 961 g/mol. The van der Waals surface area contributed by atoms with Gasteiger partial charge in [0.05, 0.1) is 33.4 Å². The third kappa shape index (κ3) is 6.37. The summed E-state index contributed by atoms with van der Waals surface area (Å²) in [7, 11) is -11.4. The number of nitrogens with zero attached hydrogens (tertiary/aromatic N) is 8. The van der Waals surface area contributed by atoms with Crippen molar-refractivity contribution in [3.05, 3.63) is 130 Å². The predicted octanol–water partition coefficient (Wildman–Crippen LogP) is 5.71. The van der Waals surface area contributed by atoms with Crippen LogP contribution in [0.5, 0.6) is 0 Å². The molecular formula is C52H62N10O7Si3. The van der Waals surface area contributed by atoms with Crippen molar-refractivity contribution >= 4 is 86.9 Å². The van der Waals surface area contributed by atoms with Crippen molar-refractivity contribution in [2.75, 3.05) is 66.4 Å². The molecule has 20 heteroatoms. The molecule has 0 saturated heterocycles. The van der Waals surface area contributed by atoms with Gasteiger partial charge in [0, 0.05) is 0 Å². The molecule has 0 bridgehead atoms. The second kappa shape index (κ2) is 17.1. The number of methoxy groups -OCH3 is 1. The van der Waals surface area contributed by atoms with E-state index in [4.69, 9.17) is 44.0 Å². The average Bonchev–Trinajstić information content (AvgIpc) is 4.10. The van der Waals surface area contributed by atoms with Crippen LogP contribution in [-0.2, 0) is 32.0 Å². The number of esters is 1. The zero-order valence-electron chi connectivity index (χ0n) is 41.6. The van der Waals surface area contributed by atoms with Crippen LogP contribution in [0, 0.1) is 0 Å². The van der Waals surface area contributed by atoms with Gasteiger partial charge in [-0.2, -0.15) is 0 Å². The average molecular weight is 1020 g/mol. The second-order valence-corrected chi connectivity index (χ2v) is 34.9. The Hall–Kier alpha value is -5.92. The quantitative estimate of drug-likeness (QED) is 0.0463. The number of fused-ring (bicyclic) bond motifs is 12. The second-order valence-electron chi connectivity index (χ2n) is 20.6. The molecule has 0 saturated carbocycles. The van der Waals surface area contributed by atoms with Crippen molar-refractivity contribution in [1.82, 2.24) is 13.8 Å². The van der Waals surface area contributed by atoms with Crippen LogP contribution < -0.4 is 22.0 Å². The number of carbonyl (C=O) groups is 1. The molecule has 8 heterocycles. The summed E-state index contributed by atoms with van der Waals surface area (Å²) >= 11 is 0. The summed E-state index contributed by atoms with van der Waals surface area (Å²) in [6.07, 6.45) is 1.85. The number of nitrogens with two attached hydrogens (primary N) is 1. The number of aromatic nitrogens is 2. The van der Waals surface area contributed by atoms with E-state index in [0.717, 1.165) is 121 Å². The first kappa shape index (κ1) is 47.1. The SMILES string of the molecule is COC(=O)CCOCCOCCOCCNCCC[Si](C)(C)O[Si-2]123(O[Si](C)(C)CCCN)n4c5c6ccccc6c4N=C4c6ccccc6C(=[N+]41)N=c1c4ccccc4c(n12)=NC1=[N+]3C(=N5)c2ccccc21. The summed E-state index contributed by atoms with van der Waals surface area (Å²) in [6, 6.07) is 35.6. The van der Waals surface area contributed by atoms with Gasteiger partial charge >= 0.3 is 373 Å². The van der Waals surface area contributed by atoms with Crippen LogP contribution in [0.15, 0.2) is 117 Å². The number of nitrogens with one attached hydrogen (secondary N) is 1.